The molecule has 0 bridgehead atoms. The summed E-state index contributed by atoms with van der Waals surface area (Å²) >= 11 is 0. The molecule has 0 saturated heterocycles. The van der Waals surface area contributed by atoms with Crippen molar-refractivity contribution in [3.8, 4) is 0 Å². The molecule has 1 aliphatic rings. The van der Waals surface area contributed by atoms with Gasteiger partial charge < -0.3 is 5.73 Å². The van der Waals surface area contributed by atoms with Gasteiger partial charge in [-0.2, -0.15) is 15.2 Å². The molecule has 96 valence electrons. The molecule has 0 spiro atoms. The summed E-state index contributed by atoms with van der Waals surface area (Å²) in [4.78, 5) is 12.2. The molecule has 18 heavy (non-hydrogen) atoms. The molecule has 6 heteroatoms. The molecular weight excluding hydrogens is 230 g/mol. The van der Waals surface area contributed by atoms with Crippen LogP contribution in [0.2, 0.25) is 0 Å². The first-order valence-electron chi connectivity index (χ1n) is 6.03. The largest absolute Gasteiger partial charge is 0.330 e. The lowest BCUT2D eigenvalue weighted by Gasteiger charge is -2.12. The van der Waals surface area contributed by atoms with Crippen molar-refractivity contribution < 1.29 is 4.79 Å². The topological polar surface area (TPSA) is 84.5 Å². The molecule has 0 saturated carbocycles. The fraction of sp³-hybridized carbons (Fsp3) is 0.500. The Morgan fingerprint density at radius 3 is 2.72 bits per heavy atom. The summed E-state index contributed by atoms with van der Waals surface area (Å²) in [7, 11) is 0. The van der Waals surface area contributed by atoms with Crippen LogP contribution in [-0.4, -0.2) is 28.4 Å². The van der Waals surface area contributed by atoms with E-state index >= 15 is 0 Å². The zero-order valence-corrected chi connectivity index (χ0v) is 10.6. The van der Waals surface area contributed by atoms with Gasteiger partial charge in [-0.3, -0.25) is 4.79 Å². The van der Waals surface area contributed by atoms with Gasteiger partial charge in [0.05, 0.1) is 11.6 Å². The second-order valence-electron chi connectivity index (χ2n) is 4.41. The first-order chi connectivity index (χ1) is 8.63. The van der Waals surface area contributed by atoms with Gasteiger partial charge in [-0.15, -0.1) is 5.10 Å². The van der Waals surface area contributed by atoms with Crippen molar-refractivity contribution in [1.82, 2.24) is 10.2 Å². The second-order valence-corrected chi connectivity index (χ2v) is 4.41. The van der Waals surface area contributed by atoms with Crippen LogP contribution in [0.15, 0.2) is 17.2 Å². The minimum Gasteiger partial charge on any atom is -0.330 e. The van der Waals surface area contributed by atoms with E-state index in [0.29, 0.717) is 12.4 Å². The zero-order chi connectivity index (χ0) is 13.1. The highest BCUT2D eigenvalue weighted by molar-refractivity contribution is 6.14. The molecule has 0 aromatic carbocycles. The number of carbonyl (C=O) groups is 1. The van der Waals surface area contributed by atoms with Crippen molar-refractivity contribution in [2.45, 2.75) is 26.7 Å². The average molecular weight is 247 g/mol. The Balaban J connectivity index is 2.17. The number of aryl methyl sites for hydroxylation is 1. The molecule has 1 aromatic rings. The van der Waals surface area contributed by atoms with Gasteiger partial charge in [0.2, 0.25) is 0 Å². The van der Waals surface area contributed by atoms with E-state index in [4.69, 9.17) is 5.73 Å². The summed E-state index contributed by atoms with van der Waals surface area (Å²) in [5.74, 6) is 0.260. The number of aromatic nitrogens is 2. The maximum absolute atomic E-state index is 12.2. The Bertz CT molecular complexity index is 468. The van der Waals surface area contributed by atoms with Crippen LogP contribution in [0.3, 0.4) is 0 Å². The van der Waals surface area contributed by atoms with Crippen molar-refractivity contribution in [3.63, 3.8) is 0 Å². The quantitative estimate of drug-likeness (QED) is 0.855. The smallest absolute Gasteiger partial charge is 0.257 e. The van der Waals surface area contributed by atoms with Crippen LogP contribution in [0.4, 0.5) is 5.82 Å². The Kier molecular flexibility index (Phi) is 3.66. The molecule has 0 fully saturated rings. The van der Waals surface area contributed by atoms with Gasteiger partial charge >= 0.3 is 0 Å². The van der Waals surface area contributed by atoms with Gasteiger partial charge in [0.15, 0.2) is 5.82 Å². The Morgan fingerprint density at radius 2 is 2.11 bits per heavy atom. The molecule has 2 N–H and O–H groups in total. The number of anilines is 1. The average Bonchev–Trinajstić information content (AvgIpc) is 2.64. The van der Waals surface area contributed by atoms with E-state index in [2.05, 4.69) is 15.3 Å². The fourth-order valence-electron chi connectivity index (χ4n) is 1.93. The van der Waals surface area contributed by atoms with E-state index in [-0.39, 0.29) is 11.8 Å². The molecule has 0 radical (unpaired) electrons. The van der Waals surface area contributed by atoms with Crippen molar-refractivity contribution in [1.29, 1.82) is 0 Å². The van der Waals surface area contributed by atoms with E-state index in [0.717, 1.165) is 24.2 Å². The van der Waals surface area contributed by atoms with Gasteiger partial charge in [-0.1, -0.05) is 0 Å². The molecule has 1 amide bonds. The Labute approximate surface area is 106 Å². The summed E-state index contributed by atoms with van der Waals surface area (Å²) in [6.07, 6.45) is 1.55. The first-order valence-corrected chi connectivity index (χ1v) is 6.03. The summed E-state index contributed by atoms with van der Waals surface area (Å²) in [5.41, 5.74) is 7.10. The van der Waals surface area contributed by atoms with Crippen LogP contribution in [0.1, 0.15) is 25.5 Å². The van der Waals surface area contributed by atoms with Crippen LogP contribution >= 0.6 is 0 Å². The normalized spacial score (nSPS) is 19.3. The van der Waals surface area contributed by atoms with Crippen LogP contribution < -0.4 is 10.7 Å². The number of nitrogens with two attached hydrogens (primary N) is 1. The van der Waals surface area contributed by atoms with Gasteiger partial charge in [0.25, 0.3) is 5.91 Å². The van der Waals surface area contributed by atoms with Crippen LogP contribution in [0, 0.1) is 12.8 Å². The summed E-state index contributed by atoms with van der Waals surface area (Å²) in [5, 5.41) is 13.5. The Morgan fingerprint density at radius 1 is 1.33 bits per heavy atom. The minimum atomic E-state index is -0.170. The fourth-order valence-corrected chi connectivity index (χ4v) is 1.93. The maximum atomic E-state index is 12.2. The number of nitrogens with zero attached hydrogens (tertiary/aromatic N) is 4. The van der Waals surface area contributed by atoms with Crippen LogP contribution in [0.25, 0.3) is 0 Å². The van der Waals surface area contributed by atoms with Gasteiger partial charge in [-0.25, -0.2) is 0 Å². The third-order valence-corrected chi connectivity index (χ3v) is 2.97. The third-order valence-electron chi connectivity index (χ3n) is 2.97. The predicted octanol–water partition coefficient (Wildman–Crippen LogP) is 0.863. The highest BCUT2D eigenvalue weighted by Crippen LogP contribution is 2.24. The van der Waals surface area contributed by atoms with Crippen LogP contribution in [-0.2, 0) is 4.79 Å². The number of hydrogen-bond donors (Lipinski definition) is 1. The number of hydrogen-bond acceptors (Lipinski definition) is 5. The lowest BCUT2D eigenvalue weighted by atomic mass is 9.98. The van der Waals surface area contributed by atoms with E-state index in [1.807, 2.05) is 19.9 Å². The Hall–Kier alpha value is -1.82. The second kappa shape index (κ2) is 5.22. The first kappa shape index (κ1) is 12.6. The maximum Gasteiger partial charge on any atom is 0.257 e. The van der Waals surface area contributed by atoms with Crippen molar-refractivity contribution in [2.75, 3.05) is 11.6 Å². The molecule has 1 aromatic heterocycles. The van der Waals surface area contributed by atoms with Crippen LogP contribution in [0.5, 0.6) is 0 Å². The molecule has 1 atom stereocenters. The zero-order valence-electron chi connectivity index (χ0n) is 10.6. The standard InChI is InChI=1S/C12H17N5O/c1-8-5-6-11(15-14-8)17-12(18)10(4-3-7-13)9(2)16-17/h5-6,10H,3-4,7,13H2,1-2H3. The SMILES string of the molecule is CC1=NN(c2ccc(C)nn2)C(=O)C1CCCN. The highest BCUT2D eigenvalue weighted by atomic mass is 16.2. The number of hydrazone groups is 1. The number of carbonyl (C=O) groups excluding carboxylic acids is 1. The number of amides is 1. The van der Waals surface area contributed by atoms with E-state index in [9.17, 15) is 4.79 Å². The minimum absolute atomic E-state index is 0.0425. The van der Waals surface area contributed by atoms with Gasteiger partial charge in [-0.05, 0) is 45.4 Å². The van der Waals surface area contributed by atoms with E-state index in [1.54, 1.807) is 6.07 Å². The lowest BCUT2D eigenvalue weighted by molar-refractivity contribution is -0.119. The lowest BCUT2D eigenvalue weighted by Crippen LogP contribution is -2.28. The molecular formula is C12H17N5O. The summed E-state index contributed by atoms with van der Waals surface area (Å²) in [6, 6.07) is 3.57. The summed E-state index contributed by atoms with van der Waals surface area (Å²) < 4.78 is 0. The molecule has 1 unspecified atom stereocenters. The third kappa shape index (κ3) is 2.38. The van der Waals surface area contributed by atoms with Crippen molar-refractivity contribution in [2.24, 2.45) is 16.8 Å². The van der Waals surface area contributed by atoms with Crippen molar-refractivity contribution >= 4 is 17.4 Å². The monoisotopic (exact) mass is 247 g/mol. The van der Waals surface area contributed by atoms with Crippen molar-refractivity contribution in [3.05, 3.63) is 17.8 Å². The predicted molar refractivity (Wildman–Crippen MR) is 69.1 cm³/mol. The summed E-state index contributed by atoms with van der Waals surface area (Å²) in [6.45, 7) is 4.29. The molecule has 6 nitrogen and oxygen atoms in total. The molecule has 2 rings (SSSR count). The number of rotatable bonds is 4. The van der Waals surface area contributed by atoms with E-state index < -0.39 is 0 Å². The van der Waals surface area contributed by atoms with E-state index in [1.165, 1.54) is 5.01 Å². The molecule has 2 heterocycles. The van der Waals surface area contributed by atoms with Gasteiger partial charge in [0, 0.05) is 5.71 Å². The molecule has 1 aliphatic heterocycles. The van der Waals surface area contributed by atoms with Gasteiger partial charge in [0.1, 0.15) is 0 Å². The highest BCUT2D eigenvalue weighted by Gasteiger charge is 2.34. The molecule has 0 aliphatic carbocycles.